The van der Waals surface area contributed by atoms with Crippen molar-refractivity contribution in [3.63, 3.8) is 0 Å². The third-order valence-electron chi connectivity index (χ3n) is 2.39. The summed E-state index contributed by atoms with van der Waals surface area (Å²) < 4.78 is 0. The first kappa shape index (κ1) is 11.3. The summed E-state index contributed by atoms with van der Waals surface area (Å²) in [6.45, 7) is 1.94. The largest absolute Gasteiger partial charge is 0.288 e. The Hall–Kier alpha value is -2.22. The fourth-order valence-electron chi connectivity index (χ4n) is 1.49. The molecule has 2 nitrogen and oxygen atoms in total. The zero-order valence-electron chi connectivity index (χ0n) is 9.63. The highest BCUT2D eigenvalue weighted by Gasteiger charge is 2.02. The highest BCUT2D eigenvalue weighted by Crippen LogP contribution is 2.05. The van der Waals surface area contributed by atoms with Crippen molar-refractivity contribution in [2.24, 2.45) is 0 Å². The molecule has 2 aromatic rings. The number of nitrogens with zero attached hydrogens (tertiary/aromatic N) is 1. The van der Waals surface area contributed by atoms with Crippen molar-refractivity contribution in [1.29, 1.82) is 0 Å². The van der Waals surface area contributed by atoms with Gasteiger partial charge in [0.1, 0.15) is 5.69 Å². The van der Waals surface area contributed by atoms with E-state index in [9.17, 15) is 4.79 Å². The normalized spacial score (nSPS) is 10.6. The zero-order valence-corrected chi connectivity index (χ0v) is 9.63. The van der Waals surface area contributed by atoms with Gasteiger partial charge < -0.3 is 0 Å². The number of carbonyl (C=O) groups is 1. The third-order valence-corrected chi connectivity index (χ3v) is 2.39. The van der Waals surface area contributed by atoms with Gasteiger partial charge in [-0.05, 0) is 36.3 Å². The minimum Gasteiger partial charge on any atom is -0.288 e. The lowest BCUT2D eigenvalue weighted by Gasteiger charge is -1.96. The summed E-state index contributed by atoms with van der Waals surface area (Å²) in [6.07, 6.45) is 5.00. The summed E-state index contributed by atoms with van der Waals surface area (Å²) in [5, 5.41) is 0. The van der Waals surface area contributed by atoms with Gasteiger partial charge in [0.25, 0.3) is 0 Å². The monoisotopic (exact) mass is 223 g/mol. The predicted octanol–water partition coefficient (Wildman–Crippen LogP) is 3.29. The van der Waals surface area contributed by atoms with Crippen LogP contribution in [0.5, 0.6) is 0 Å². The quantitative estimate of drug-likeness (QED) is 0.590. The molecule has 0 N–H and O–H groups in total. The second-order valence-corrected chi connectivity index (χ2v) is 3.83. The van der Waals surface area contributed by atoms with Crippen LogP contribution in [0.3, 0.4) is 0 Å². The van der Waals surface area contributed by atoms with Crippen LogP contribution in [0.4, 0.5) is 0 Å². The lowest BCUT2D eigenvalue weighted by molar-refractivity contribution is 0.104. The number of allylic oxidation sites excluding steroid dienone is 1. The molecule has 0 unspecified atom stereocenters. The lowest BCUT2D eigenvalue weighted by atomic mass is 10.1. The summed E-state index contributed by atoms with van der Waals surface area (Å²) >= 11 is 0. The molecule has 84 valence electrons. The fourth-order valence-corrected chi connectivity index (χ4v) is 1.49. The van der Waals surface area contributed by atoms with E-state index in [2.05, 4.69) is 4.98 Å². The van der Waals surface area contributed by atoms with Crippen LogP contribution >= 0.6 is 0 Å². The van der Waals surface area contributed by atoms with Crippen LogP contribution in [0, 0.1) is 6.92 Å². The predicted molar refractivity (Wildman–Crippen MR) is 68.8 cm³/mol. The summed E-state index contributed by atoms with van der Waals surface area (Å²) in [4.78, 5) is 15.9. The molecule has 0 saturated heterocycles. The molecule has 2 heteroatoms. The van der Waals surface area contributed by atoms with Crippen molar-refractivity contribution < 1.29 is 4.79 Å². The van der Waals surface area contributed by atoms with Gasteiger partial charge in [-0.1, -0.05) is 36.4 Å². The van der Waals surface area contributed by atoms with E-state index in [0.29, 0.717) is 5.69 Å². The van der Waals surface area contributed by atoms with E-state index in [1.54, 1.807) is 24.4 Å². The number of hydrogen-bond donors (Lipinski definition) is 0. The van der Waals surface area contributed by atoms with Gasteiger partial charge in [0, 0.05) is 6.20 Å². The average molecular weight is 223 g/mol. The molecule has 1 aromatic heterocycles. The molecule has 0 fully saturated rings. The number of carbonyl (C=O) groups excluding carboxylic acids is 1. The first-order valence-electron chi connectivity index (χ1n) is 5.46. The van der Waals surface area contributed by atoms with Crippen molar-refractivity contribution in [2.45, 2.75) is 6.92 Å². The average Bonchev–Trinajstić information content (AvgIpc) is 2.37. The number of benzene rings is 1. The minimum absolute atomic E-state index is 0.0717. The van der Waals surface area contributed by atoms with Crippen LogP contribution in [0.1, 0.15) is 21.6 Å². The number of rotatable bonds is 3. The molecule has 17 heavy (non-hydrogen) atoms. The molecular weight excluding hydrogens is 210 g/mol. The molecule has 0 aliphatic rings. The summed E-state index contributed by atoms with van der Waals surface area (Å²) in [5.74, 6) is -0.0717. The molecule has 0 aliphatic heterocycles. The highest BCUT2D eigenvalue weighted by atomic mass is 16.1. The molecular formula is C15H13NO. The molecule has 0 amide bonds. The number of pyridine rings is 1. The smallest absolute Gasteiger partial charge is 0.204 e. The maximum absolute atomic E-state index is 11.8. The van der Waals surface area contributed by atoms with Crippen molar-refractivity contribution in [1.82, 2.24) is 4.98 Å². The summed E-state index contributed by atoms with van der Waals surface area (Å²) in [5.41, 5.74) is 2.53. The van der Waals surface area contributed by atoms with E-state index in [0.717, 1.165) is 11.1 Å². The third kappa shape index (κ3) is 3.11. The molecule has 1 aromatic carbocycles. The summed E-state index contributed by atoms with van der Waals surface area (Å²) in [6, 6.07) is 13.4. The minimum atomic E-state index is -0.0717. The van der Waals surface area contributed by atoms with Gasteiger partial charge in [-0.3, -0.25) is 9.78 Å². The number of ketones is 1. The van der Waals surface area contributed by atoms with E-state index in [-0.39, 0.29) is 5.78 Å². The van der Waals surface area contributed by atoms with E-state index >= 15 is 0 Å². The van der Waals surface area contributed by atoms with Gasteiger partial charge in [-0.15, -0.1) is 0 Å². The molecule has 0 spiro atoms. The fraction of sp³-hybridized carbons (Fsp3) is 0.0667. The Morgan fingerprint density at radius 1 is 1.18 bits per heavy atom. The molecule has 0 bridgehead atoms. The Balaban J connectivity index is 2.15. The van der Waals surface area contributed by atoms with E-state index in [1.807, 2.05) is 43.3 Å². The van der Waals surface area contributed by atoms with Crippen LogP contribution in [-0.2, 0) is 0 Å². The van der Waals surface area contributed by atoms with Gasteiger partial charge >= 0.3 is 0 Å². The van der Waals surface area contributed by atoms with Gasteiger partial charge in [0.15, 0.2) is 0 Å². The van der Waals surface area contributed by atoms with Gasteiger partial charge in [0.05, 0.1) is 0 Å². The van der Waals surface area contributed by atoms with E-state index in [1.165, 1.54) is 0 Å². The molecule has 0 atom stereocenters. The van der Waals surface area contributed by atoms with Crippen molar-refractivity contribution in [3.05, 3.63) is 71.6 Å². The molecule has 0 saturated carbocycles. The van der Waals surface area contributed by atoms with Crippen molar-refractivity contribution in [3.8, 4) is 0 Å². The van der Waals surface area contributed by atoms with Gasteiger partial charge in [0.2, 0.25) is 5.78 Å². The van der Waals surface area contributed by atoms with Crippen LogP contribution in [0.25, 0.3) is 6.08 Å². The van der Waals surface area contributed by atoms with Crippen molar-refractivity contribution in [2.75, 3.05) is 0 Å². The molecule has 2 rings (SSSR count). The Kier molecular flexibility index (Phi) is 3.46. The Bertz CT molecular complexity index is 544. The molecule has 1 heterocycles. The van der Waals surface area contributed by atoms with Crippen LogP contribution in [-0.4, -0.2) is 10.8 Å². The zero-order chi connectivity index (χ0) is 12.1. The first-order chi connectivity index (χ1) is 8.25. The Morgan fingerprint density at radius 3 is 2.65 bits per heavy atom. The van der Waals surface area contributed by atoms with Crippen LogP contribution in [0.2, 0.25) is 0 Å². The second-order valence-electron chi connectivity index (χ2n) is 3.83. The standard InChI is InChI=1S/C15H13NO/c1-12-9-10-16-14(11-12)15(17)8-7-13-5-3-2-4-6-13/h2-11H,1H3/b8-7+. The lowest BCUT2D eigenvalue weighted by Crippen LogP contribution is -1.98. The maximum atomic E-state index is 11.8. The first-order valence-corrected chi connectivity index (χ1v) is 5.46. The topological polar surface area (TPSA) is 30.0 Å². The van der Waals surface area contributed by atoms with Gasteiger partial charge in [-0.25, -0.2) is 0 Å². The molecule has 0 aliphatic carbocycles. The summed E-state index contributed by atoms with van der Waals surface area (Å²) in [7, 11) is 0. The second kappa shape index (κ2) is 5.21. The SMILES string of the molecule is Cc1ccnc(C(=O)/C=C/c2ccccc2)c1. The number of aromatic nitrogens is 1. The number of aryl methyl sites for hydroxylation is 1. The number of hydrogen-bond acceptors (Lipinski definition) is 2. The van der Waals surface area contributed by atoms with Crippen LogP contribution < -0.4 is 0 Å². The Morgan fingerprint density at radius 2 is 1.94 bits per heavy atom. The maximum Gasteiger partial charge on any atom is 0.204 e. The molecule has 0 radical (unpaired) electrons. The Labute approximate surface area is 101 Å². The van der Waals surface area contributed by atoms with Crippen molar-refractivity contribution >= 4 is 11.9 Å². The van der Waals surface area contributed by atoms with E-state index < -0.39 is 0 Å². The van der Waals surface area contributed by atoms with E-state index in [4.69, 9.17) is 0 Å². The highest BCUT2D eigenvalue weighted by molar-refractivity contribution is 6.05. The van der Waals surface area contributed by atoms with Crippen LogP contribution in [0.15, 0.2) is 54.7 Å². The van der Waals surface area contributed by atoms with Gasteiger partial charge in [-0.2, -0.15) is 0 Å².